The second kappa shape index (κ2) is 11.2. The number of Topliss-reactive ketones (excluding diaryl/α,β-unsaturated/α-hetero) is 1. The minimum absolute atomic E-state index is 0.0570. The minimum Gasteiger partial charge on any atom is -0.388 e. The van der Waals surface area contributed by atoms with Crippen LogP contribution in [0.3, 0.4) is 0 Å². The highest BCUT2D eigenvalue weighted by Gasteiger charge is 2.26. The molecule has 34 heavy (non-hydrogen) atoms. The molecule has 0 spiro atoms. The summed E-state index contributed by atoms with van der Waals surface area (Å²) >= 11 is 0. The van der Waals surface area contributed by atoms with E-state index in [-0.39, 0.29) is 24.0 Å². The molecule has 0 aliphatic carbocycles. The molecule has 3 aromatic carbocycles. The SMILES string of the molecule is CC(C)c1cc(C(C)C)c(S(=O)c2ccccc2[C@@H](O)CC(=O)c2ccccc2)c(C(C)C)c1. The van der Waals surface area contributed by atoms with Crippen LogP contribution in [0.5, 0.6) is 0 Å². The van der Waals surface area contributed by atoms with Crippen molar-refractivity contribution in [2.24, 2.45) is 0 Å². The zero-order chi connectivity index (χ0) is 25.0. The van der Waals surface area contributed by atoms with E-state index < -0.39 is 16.9 Å². The second-order valence-electron chi connectivity index (χ2n) is 9.81. The van der Waals surface area contributed by atoms with E-state index in [2.05, 4.69) is 53.7 Å². The van der Waals surface area contributed by atoms with Crippen LogP contribution in [0.2, 0.25) is 0 Å². The Labute approximate surface area is 206 Å². The van der Waals surface area contributed by atoms with Gasteiger partial charge >= 0.3 is 0 Å². The molecular formula is C30H36O3S. The molecule has 0 fully saturated rings. The van der Waals surface area contributed by atoms with Crippen molar-refractivity contribution in [3.63, 3.8) is 0 Å². The number of benzene rings is 3. The van der Waals surface area contributed by atoms with Gasteiger partial charge in [-0.25, -0.2) is 4.21 Å². The van der Waals surface area contributed by atoms with Crippen LogP contribution in [0.15, 0.2) is 76.5 Å². The van der Waals surface area contributed by atoms with Crippen LogP contribution >= 0.6 is 0 Å². The molecule has 180 valence electrons. The average molecular weight is 477 g/mol. The standard InChI is InChI=1S/C30H36O3S/c1-19(2)23-16-25(20(3)4)30(26(17-23)21(5)6)34(33)29-15-11-10-14-24(29)28(32)18-27(31)22-12-8-7-9-13-22/h7-17,19-21,28,32H,18H2,1-6H3/t28-,34?/m0/s1. The first-order valence-electron chi connectivity index (χ1n) is 12.1. The fourth-order valence-corrected chi connectivity index (χ4v) is 6.02. The van der Waals surface area contributed by atoms with Crippen molar-refractivity contribution in [3.05, 3.63) is 94.5 Å². The summed E-state index contributed by atoms with van der Waals surface area (Å²) < 4.78 is 14.2. The highest BCUT2D eigenvalue weighted by atomic mass is 32.2. The van der Waals surface area contributed by atoms with Gasteiger partial charge in [0, 0.05) is 16.9 Å². The quantitative estimate of drug-likeness (QED) is 0.325. The van der Waals surface area contributed by atoms with Gasteiger partial charge < -0.3 is 5.11 Å². The number of hydrogen-bond acceptors (Lipinski definition) is 3. The Hall–Kier alpha value is -2.56. The summed E-state index contributed by atoms with van der Waals surface area (Å²) in [6, 6.07) is 20.6. The van der Waals surface area contributed by atoms with E-state index in [9.17, 15) is 14.1 Å². The third-order valence-electron chi connectivity index (χ3n) is 6.22. The maximum Gasteiger partial charge on any atom is 0.165 e. The lowest BCUT2D eigenvalue weighted by atomic mass is 9.89. The van der Waals surface area contributed by atoms with Crippen molar-refractivity contribution < 1.29 is 14.1 Å². The van der Waals surface area contributed by atoms with Gasteiger partial charge in [0.25, 0.3) is 0 Å². The van der Waals surface area contributed by atoms with E-state index in [4.69, 9.17) is 0 Å². The molecule has 0 aromatic heterocycles. The highest BCUT2D eigenvalue weighted by molar-refractivity contribution is 7.85. The van der Waals surface area contributed by atoms with Crippen molar-refractivity contribution in [2.45, 2.75) is 81.6 Å². The maximum absolute atomic E-state index is 14.2. The maximum atomic E-state index is 14.2. The van der Waals surface area contributed by atoms with Crippen LogP contribution in [0.25, 0.3) is 0 Å². The number of carbonyl (C=O) groups excluding carboxylic acids is 1. The van der Waals surface area contributed by atoms with E-state index in [0.29, 0.717) is 21.9 Å². The third-order valence-corrected chi connectivity index (χ3v) is 7.83. The summed E-state index contributed by atoms with van der Waals surface area (Å²) in [6.45, 7) is 12.9. The first-order chi connectivity index (χ1) is 16.1. The largest absolute Gasteiger partial charge is 0.388 e. The molecule has 0 saturated heterocycles. The van der Waals surface area contributed by atoms with Gasteiger partial charge in [-0.15, -0.1) is 0 Å². The molecule has 4 heteroatoms. The number of ketones is 1. The summed E-state index contributed by atoms with van der Waals surface area (Å²) in [4.78, 5) is 14.1. The van der Waals surface area contributed by atoms with Crippen LogP contribution in [0.4, 0.5) is 0 Å². The Bertz CT molecular complexity index is 1130. The summed E-state index contributed by atoms with van der Waals surface area (Å²) in [7, 11) is -1.50. The molecule has 0 saturated carbocycles. The van der Waals surface area contributed by atoms with Gasteiger partial charge in [-0.1, -0.05) is 102 Å². The minimum atomic E-state index is -1.50. The van der Waals surface area contributed by atoms with E-state index >= 15 is 0 Å². The Balaban J connectivity index is 2.07. The van der Waals surface area contributed by atoms with E-state index in [1.807, 2.05) is 36.4 Å². The van der Waals surface area contributed by atoms with Crippen molar-refractivity contribution in [2.75, 3.05) is 0 Å². The van der Waals surface area contributed by atoms with Crippen molar-refractivity contribution in [1.82, 2.24) is 0 Å². The van der Waals surface area contributed by atoms with Gasteiger partial charge in [-0.3, -0.25) is 4.79 Å². The first kappa shape index (κ1) is 26.1. The number of carbonyl (C=O) groups is 1. The predicted octanol–water partition coefficient (Wildman–Crippen LogP) is 7.53. The summed E-state index contributed by atoms with van der Waals surface area (Å²) in [5.41, 5.74) is 4.52. The van der Waals surface area contributed by atoms with Crippen LogP contribution < -0.4 is 0 Å². The zero-order valence-corrected chi connectivity index (χ0v) is 21.9. The van der Waals surface area contributed by atoms with Crippen LogP contribution in [0.1, 0.15) is 104 Å². The molecule has 1 unspecified atom stereocenters. The fourth-order valence-electron chi connectivity index (χ4n) is 4.17. The molecule has 0 aliphatic heterocycles. The molecule has 0 radical (unpaired) electrons. The van der Waals surface area contributed by atoms with Crippen molar-refractivity contribution in [1.29, 1.82) is 0 Å². The molecule has 0 aliphatic rings. The second-order valence-corrected chi connectivity index (χ2v) is 11.2. The Morgan fingerprint density at radius 3 is 1.82 bits per heavy atom. The normalized spacial score (nSPS) is 13.5. The van der Waals surface area contributed by atoms with Gasteiger partial charge in [0.05, 0.1) is 21.8 Å². The lowest BCUT2D eigenvalue weighted by Crippen LogP contribution is -2.13. The monoisotopic (exact) mass is 476 g/mol. The molecule has 3 aromatic rings. The molecule has 0 heterocycles. The smallest absolute Gasteiger partial charge is 0.165 e. The van der Waals surface area contributed by atoms with Crippen molar-refractivity contribution in [3.8, 4) is 0 Å². The number of aliphatic hydroxyl groups is 1. The van der Waals surface area contributed by atoms with Gasteiger partial charge in [-0.2, -0.15) is 0 Å². The average Bonchev–Trinajstić information content (AvgIpc) is 2.83. The number of hydrogen-bond donors (Lipinski definition) is 1. The predicted molar refractivity (Wildman–Crippen MR) is 140 cm³/mol. The fraction of sp³-hybridized carbons (Fsp3) is 0.367. The Kier molecular flexibility index (Phi) is 8.62. The van der Waals surface area contributed by atoms with Gasteiger partial charge in [-0.05, 0) is 46.1 Å². The summed E-state index contributed by atoms with van der Waals surface area (Å²) in [6.07, 6.45) is -1.09. The van der Waals surface area contributed by atoms with Gasteiger partial charge in [0.1, 0.15) is 0 Å². The number of rotatable bonds is 9. The number of aliphatic hydroxyl groups excluding tert-OH is 1. The lowest BCUT2D eigenvalue weighted by Gasteiger charge is -2.23. The highest BCUT2D eigenvalue weighted by Crippen LogP contribution is 2.38. The first-order valence-corrected chi connectivity index (χ1v) is 13.2. The molecule has 1 N–H and O–H groups in total. The molecule has 0 bridgehead atoms. The Morgan fingerprint density at radius 1 is 0.765 bits per heavy atom. The summed E-state index contributed by atoms with van der Waals surface area (Å²) in [5.74, 6) is 0.634. The molecule has 2 atom stereocenters. The molecule has 3 nitrogen and oxygen atoms in total. The molecule has 0 amide bonds. The third kappa shape index (κ3) is 5.73. The van der Waals surface area contributed by atoms with Crippen LogP contribution in [-0.2, 0) is 10.8 Å². The van der Waals surface area contributed by atoms with E-state index in [0.717, 1.165) is 16.0 Å². The topological polar surface area (TPSA) is 54.4 Å². The van der Waals surface area contributed by atoms with E-state index in [1.54, 1.807) is 18.2 Å². The van der Waals surface area contributed by atoms with Crippen LogP contribution in [0, 0.1) is 0 Å². The Morgan fingerprint density at radius 2 is 1.29 bits per heavy atom. The summed E-state index contributed by atoms with van der Waals surface area (Å²) in [5, 5.41) is 11.0. The van der Waals surface area contributed by atoms with E-state index in [1.165, 1.54) is 5.56 Å². The lowest BCUT2D eigenvalue weighted by molar-refractivity contribution is 0.0876. The van der Waals surface area contributed by atoms with Crippen molar-refractivity contribution >= 4 is 16.6 Å². The van der Waals surface area contributed by atoms with Gasteiger partial charge in [0.15, 0.2) is 5.78 Å². The van der Waals surface area contributed by atoms with Gasteiger partial charge in [0.2, 0.25) is 0 Å². The molecular weight excluding hydrogens is 440 g/mol. The zero-order valence-electron chi connectivity index (χ0n) is 21.0. The molecule has 3 rings (SSSR count). The van der Waals surface area contributed by atoms with Crippen LogP contribution in [-0.4, -0.2) is 15.1 Å².